The zero-order valence-corrected chi connectivity index (χ0v) is 25.8. The molecule has 10 nitrogen and oxygen atoms in total. The van der Waals surface area contributed by atoms with Crippen LogP contribution in [-0.2, 0) is 43.6 Å². The Hall–Kier alpha value is -3.83. The molecule has 4 aromatic rings. The molecule has 1 aromatic heterocycles. The van der Waals surface area contributed by atoms with Crippen LogP contribution in [0, 0.1) is 0 Å². The van der Waals surface area contributed by atoms with Crippen LogP contribution in [0.1, 0.15) is 56.5 Å². The number of aromatic nitrogens is 3. The SMILES string of the molecule is CC(C)(C)OC(=O)ON1CCC(n2cc(COCCCOCc3ccccc3)nn2)C(OCc2ccc3ccccc3c2)C1. The molecule has 0 N–H and O–H groups in total. The van der Waals surface area contributed by atoms with Gasteiger partial charge < -0.3 is 23.8 Å². The number of hydrogen-bond donors (Lipinski definition) is 0. The number of benzene rings is 3. The standard InChI is InChI=1S/C34H42N4O6/c1-34(2,3)43-33(39)44-37-17-16-31(32(22-37)42-24-27-14-15-28-12-7-8-13-29(28)20-27)38-21-30(35-36-38)25-41-19-9-18-40-23-26-10-5-4-6-11-26/h4-8,10-15,20-21,31-32H,9,16-19,22-25H2,1-3H3. The van der Waals surface area contributed by atoms with Gasteiger partial charge in [0.25, 0.3) is 0 Å². The third kappa shape index (κ3) is 9.59. The van der Waals surface area contributed by atoms with Crippen molar-refractivity contribution in [2.45, 2.75) is 71.2 Å². The molecule has 1 aliphatic heterocycles. The second kappa shape index (κ2) is 15.3. The Labute approximate surface area is 258 Å². The van der Waals surface area contributed by atoms with E-state index in [-0.39, 0.29) is 12.1 Å². The van der Waals surface area contributed by atoms with Crippen LogP contribution in [0.4, 0.5) is 4.79 Å². The van der Waals surface area contributed by atoms with Crippen molar-refractivity contribution < 1.29 is 28.6 Å². The van der Waals surface area contributed by atoms with E-state index in [2.05, 4.69) is 52.8 Å². The number of hydroxylamine groups is 2. The Morgan fingerprint density at radius 3 is 2.43 bits per heavy atom. The fourth-order valence-electron chi connectivity index (χ4n) is 5.08. The average Bonchev–Trinajstić information content (AvgIpc) is 3.48. The summed E-state index contributed by atoms with van der Waals surface area (Å²) in [5, 5.41) is 12.7. The van der Waals surface area contributed by atoms with E-state index in [0.29, 0.717) is 52.5 Å². The van der Waals surface area contributed by atoms with E-state index in [1.165, 1.54) is 5.39 Å². The zero-order chi connectivity index (χ0) is 30.8. The van der Waals surface area contributed by atoms with Gasteiger partial charge in [0, 0.05) is 19.8 Å². The number of rotatable bonds is 13. The molecule has 1 aliphatic rings. The van der Waals surface area contributed by atoms with Gasteiger partial charge in [-0.3, -0.25) is 0 Å². The summed E-state index contributed by atoms with van der Waals surface area (Å²) in [7, 11) is 0. The summed E-state index contributed by atoms with van der Waals surface area (Å²) < 4.78 is 25.2. The van der Waals surface area contributed by atoms with Crippen molar-refractivity contribution in [1.29, 1.82) is 0 Å². The van der Waals surface area contributed by atoms with E-state index in [9.17, 15) is 4.79 Å². The van der Waals surface area contributed by atoms with Gasteiger partial charge in [-0.05, 0) is 61.6 Å². The summed E-state index contributed by atoms with van der Waals surface area (Å²) in [6, 6.07) is 24.6. The van der Waals surface area contributed by atoms with Crippen LogP contribution in [0.5, 0.6) is 0 Å². The molecular weight excluding hydrogens is 560 g/mol. The molecule has 0 saturated carbocycles. The fraction of sp³-hybridized carbons (Fsp3) is 0.441. The van der Waals surface area contributed by atoms with Crippen molar-refractivity contribution in [3.05, 3.63) is 95.8 Å². The Kier molecular flexibility index (Phi) is 11.0. The minimum absolute atomic E-state index is 0.0958. The highest BCUT2D eigenvalue weighted by atomic mass is 16.8. The summed E-state index contributed by atoms with van der Waals surface area (Å²) in [5.41, 5.74) is 2.33. The summed E-state index contributed by atoms with van der Waals surface area (Å²) in [6.07, 6.45) is 2.31. The maximum absolute atomic E-state index is 12.4. The van der Waals surface area contributed by atoms with Crippen LogP contribution in [0.2, 0.25) is 0 Å². The first-order chi connectivity index (χ1) is 21.3. The van der Waals surface area contributed by atoms with E-state index >= 15 is 0 Å². The van der Waals surface area contributed by atoms with Crippen LogP contribution in [0.15, 0.2) is 79.0 Å². The van der Waals surface area contributed by atoms with Crippen LogP contribution in [-0.4, -0.2) is 64.2 Å². The molecular formula is C34H42N4O6. The van der Waals surface area contributed by atoms with E-state index in [1.807, 2.05) is 62.0 Å². The number of carbonyl (C=O) groups is 1. The number of hydrogen-bond acceptors (Lipinski definition) is 9. The van der Waals surface area contributed by atoms with Gasteiger partial charge in [-0.1, -0.05) is 71.9 Å². The molecule has 0 radical (unpaired) electrons. The highest BCUT2D eigenvalue weighted by Crippen LogP contribution is 2.27. The molecule has 2 atom stereocenters. The van der Waals surface area contributed by atoms with Crippen molar-refractivity contribution in [3.8, 4) is 0 Å². The first-order valence-corrected chi connectivity index (χ1v) is 15.2. The van der Waals surface area contributed by atoms with Crippen molar-refractivity contribution in [2.75, 3.05) is 26.3 Å². The first-order valence-electron chi connectivity index (χ1n) is 15.2. The van der Waals surface area contributed by atoms with Gasteiger partial charge in [0.05, 0.1) is 44.7 Å². The molecule has 1 saturated heterocycles. The minimum Gasteiger partial charge on any atom is -0.427 e. The lowest BCUT2D eigenvalue weighted by molar-refractivity contribution is -0.185. The van der Waals surface area contributed by atoms with Gasteiger partial charge in [-0.25, -0.2) is 9.48 Å². The summed E-state index contributed by atoms with van der Waals surface area (Å²) >= 11 is 0. The zero-order valence-electron chi connectivity index (χ0n) is 25.8. The number of carbonyl (C=O) groups excluding carboxylic acids is 1. The maximum Gasteiger partial charge on any atom is 0.528 e. The van der Waals surface area contributed by atoms with Crippen molar-refractivity contribution in [2.24, 2.45) is 0 Å². The third-order valence-electron chi connectivity index (χ3n) is 7.19. The Bertz CT molecular complexity index is 1470. The predicted octanol–water partition coefficient (Wildman–Crippen LogP) is 6.25. The molecule has 2 heterocycles. The molecule has 5 rings (SSSR count). The normalized spacial score (nSPS) is 17.5. The van der Waals surface area contributed by atoms with E-state index in [0.717, 1.165) is 28.6 Å². The molecule has 0 amide bonds. The molecule has 44 heavy (non-hydrogen) atoms. The lowest BCUT2D eigenvalue weighted by Gasteiger charge is -2.36. The fourth-order valence-corrected chi connectivity index (χ4v) is 5.08. The van der Waals surface area contributed by atoms with Crippen LogP contribution < -0.4 is 0 Å². The monoisotopic (exact) mass is 602 g/mol. The predicted molar refractivity (Wildman–Crippen MR) is 165 cm³/mol. The topological polar surface area (TPSA) is 97.2 Å². The molecule has 234 valence electrons. The van der Waals surface area contributed by atoms with Gasteiger partial charge in [0.15, 0.2) is 0 Å². The molecule has 0 spiro atoms. The minimum atomic E-state index is -0.727. The second-order valence-corrected chi connectivity index (χ2v) is 12.0. The van der Waals surface area contributed by atoms with Gasteiger partial charge in [-0.15, -0.1) is 10.2 Å². The van der Waals surface area contributed by atoms with Crippen LogP contribution in [0.25, 0.3) is 10.8 Å². The maximum atomic E-state index is 12.4. The van der Waals surface area contributed by atoms with Crippen molar-refractivity contribution in [1.82, 2.24) is 20.1 Å². The second-order valence-electron chi connectivity index (χ2n) is 12.0. The highest BCUT2D eigenvalue weighted by molar-refractivity contribution is 5.82. The van der Waals surface area contributed by atoms with E-state index < -0.39 is 11.8 Å². The lowest BCUT2D eigenvalue weighted by Crippen LogP contribution is -2.47. The summed E-state index contributed by atoms with van der Waals surface area (Å²) in [6.45, 7) is 8.86. The van der Waals surface area contributed by atoms with Gasteiger partial charge in [0.2, 0.25) is 0 Å². The smallest absolute Gasteiger partial charge is 0.427 e. The van der Waals surface area contributed by atoms with E-state index in [4.69, 9.17) is 23.8 Å². The lowest BCUT2D eigenvalue weighted by atomic mass is 10.0. The van der Waals surface area contributed by atoms with Crippen molar-refractivity contribution in [3.63, 3.8) is 0 Å². The number of nitrogens with zero attached hydrogens (tertiary/aromatic N) is 4. The Morgan fingerprint density at radius 2 is 1.64 bits per heavy atom. The van der Waals surface area contributed by atoms with Crippen molar-refractivity contribution >= 4 is 16.9 Å². The van der Waals surface area contributed by atoms with Crippen LogP contribution in [0.3, 0.4) is 0 Å². The van der Waals surface area contributed by atoms with Gasteiger partial charge in [-0.2, -0.15) is 0 Å². The van der Waals surface area contributed by atoms with Gasteiger partial charge in [0.1, 0.15) is 11.3 Å². The third-order valence-corrected chi connectivity index (χ3v) is 7.19. The van der Waals surface area contributed by atoms with Gasteiger partial charge >= 0.3 is 6.16 Å². The summed E-state index contributed by atoms with van der Waals surface area (Å²) in [5.74, 6) is 0. The molecule has 2 unspecified atom stereocenters. The molecule has 0 bridgehead atoms. The van der Waals surface area contributed by atoms with Crippen LogP contribution >= 0.6 is 0 Å². The molecule has 3 aromatic carbocycles. The molecule has 0 aliphatic carbocycles. The Morgan fingerprint density at radius 1 is 0.886 bits per heavy atom. The number of fused-ring (bicyclic) bond motifs is 1. The highest BCUT2D eigenvalue weighted by Gasteiger charge is 2.35. The molecule has 1 fully saturated rings. The average molecular weight is 603 g/mol. The number of piperidine rings is 1. The largest absolute Gasteiger partial charge is 0.528 e. The quantitative estimate of drug-likeness (QED) is 0.130. The number of ether oxygens (including phenoxy) is 4. The molecule has 10 heteroatoms. The van der Waals surface area contributed by atoms with E-state index in [1.54, 1.807) is 5.06 Å². The first kappa shape index (κ1) is 31.6. The summed E-state index contributed by atoms with van der Waals surface area (Å²) in [4.78, 5) is 17.9. The Balaban J connectivity index is 1.15.